The van der Waals surface area contributed by atoms with Gasteiger partial charge in [-0.25, -0.2) is 10.0 Å². The fraction of sp³-hybridized carbons (Fsp3) is 0.545. The quantitative estimate of drug-likeness (QED) is 0.674. The van der Waals surface area contributed by atoms with Crippen molar-refractivity contribution < 1.29 is 18.0 Å². The number of hydrogen-bond donors (Lipinski definition) is 1. The van der Waals surface area contributed by atoms with Crippen LogP contribution in [0.25, 0.3) is 0 Å². The lowest BCUT2D eigenvalue weighted by Crippen LogP contribution is -2.44. The molecule has 184 valence electrons. The van der Waals surface area contributed by atoms with Crippen molar-refractivity contribution in [1.29, 1.82) is 0 Å². The Labute approximate surface area is 196 Å². The van der Waals surface area contributed by atoms with Gasteiger partial charge in [0, 0.05) is 57.4 Å². The smallest absolute Gasteiger partial charge is 0.355 e. The van der Waals surface area contributed by atoms with E-state index in [0.717, 1.165) is 41.7 Å². The number of nitrogens with two attached hydrogens (primary N) is 1. The molecule has 0 aliphatic carbocycles. The first kappa shape index (κ1) is 24.0. The van der Waals surface area contributed by atoms with Crippen LogP contribution < -0.4 is 5.73 Å². The van der Waals surface area contributed by atoms with Gasteiger partial charge < -0.3 is 15.5 Å². The maximum absolute atomic E-state index is 13.5. The van der Waals surface area contributed by atoms with Crippen LogP contribution in [0.15, 0.2) is 40.0 Å². The highest BCUT2D eigenvalue weighted by Crippen LogP contribution is 2.33. The van der Waals surface area contributed by atoms with Gasteiger partial charge in [0.25, 0.3) is 5.91 Å². The number of nitrogens with zero attached hydrogens (tertiary/aromatic N) is 7. The summed E-state index contributed by atoms with van der Waals surface area (Å²) in [5, 5.41) is 9.03. The van der Waals surface area contributed by atoms with Gasteiger partial charge in [0.05, 0.1) is 11.6 Å². The van der Waals surface area contributed by atoms with Gasteiger partial charge in [-0.2, -0.15) is 23.4 Å². The van der Waals surface area contributed by atoms with Crippen LogP contribution in [-0.4, -0.2) is 74.8 Å². The Bertz CT molecular complexity index is 1060. The van der Waals surface area contributed by atoms with Gasteiger partial charge in [0.2, 0.25) is 0 Å². The normalized spacial score (nSPS) is 25.0. The molecule has 1 unspecified atom stereocenters. The van der Waals surface area contributed by atoms with Crippen molar-refractivity contribution in [2.75, 3.05) is 19.6 Å². The van der Waals surface area contributed by atoms with Crippen LogP contribution in [0.2, 0.25) is 0 Å². The van der Waals surface area contributed by atoms with E-state index >= 15 is 0 Å². The molecule has 0 aromatic carbocycles. The number of hydrogen-bond acceptors (Lipinski definition) is 7. The molecule has 3 aliphatic heterocycles. The second kappa shape index (κ2) is 9.24. The molecule has 0 radical (unpaired) electrons. The molecule has 1 amide bonds. The van der Waals surface area contributed by atoms with E-state index in [1.807, 2.05) is 13.1 Å². The van der Waals surface area contributed by atoms with Gasteiger partial charge in [-0.1, -0.05) is 0 Å². The topological polar surface area (TPSA) is 95.4 Å². The molecule has 1 aromatic heterocycles. The minimum absolute atomic E-state index is 0.0762. The lowest BCUT2D eigenvalue weighted by molar-refractivity contribution is -0.141. The summed E-state index contributed by atoms with van der Waals surface area (Å²) in [4.78, 5) is 21.6. The van der Waals surface area contributed by atoms with E-state index in [1.165, 1.54) is 17.0 Å². The number of aryl methyl sites for hydroxylation is 1. The monoisotopic (exact) mass is 478 g/mol. The molecule has 3 aliphatic rings. The molecule has 0 spiro atoms. The number of amides is 1. The minimum atomic E-state index is -4.72. The summed E-state index contributed by atoms with van der Waals surface area (Å²) in [7, 11) is 1.37. The molecule has 9 nitrogen and oxygen atoms in total. The number of likely N-dealkylation sites (tertiary alicyclic amines) is 2. The molecule has 4 rings (SSSR count). The lowest BCUT2D eigenvalue weighted by Gasteiger charge is -2.35. The van der Waals surface area contributed by atoms with E-state index < -0.39 is 29.4 Å². The number of rotatable bonds is 3. The molecule has 4 heterocycles. The predicted molar refractivity (Wildman–Crippen MR) is 122 cm³/mol. The molecule has 34 heavy (non-hydrogen) atoms. The van der Waals surface area contributed by atoms with E-state index in [0.29, 0.717) is 31.8 Å². The summed E-state index contributed by atoms with van der Waals surface area (Å²) in [6.45, 7) is 7.35. The molecule has 2 fully saturated rings. The van der Waals surface area contributed by atoms with Crippen molar-refractivity contribution in [2.45, 2.75) is 50.9 Å². The zero-order valence-corrected chi connectivity index (χ0v) is 19.3. The Morgan fingerprint density at radius 1 is 1.29 bits per heavy atom. The molecular formula is C22H29F3N8O. The first-order valence-corrected chi connectivity index (χ1v) is 11.3. The summed E-state index contributed by atoms with van der Waals surface area (Å²) < 4.78 is 41.5. The third-order valence-electron chi connectivity index (χ3n) is 6.28. The molecule has 1 aromatic rings. The Balaban J connectivity index is 1.67. The highest BCUT2D eigenvalue weighted by molar-refractivity contribution is 5.99. The van der Waals surface area contributed by atoms with Crippen LogP contribution in [0.1, 0.15) is 48.7 Å². The zero-order chi connectivity index (χ0) is 24.6. The first-order valence-electron chi connectivity index (χ1n) is 11.3. The van der Waals surface area contributed by atoms with Crippen molar-refractivity contribution in [1.82, 2.24) is 24.6 Å². The summed E-state index contributed by atoms with van der Waals surface area (Å²) in [5.74, 6) is 0.555. The van der Waals surface area contributed by atoms with Gasteiger partial charge in [-0.3, -0.25) is 9.48 Å². The van der Waals surface area contributed by atoms with E-state index in [2.05, 4.69) is 21.8 Å². The second-order valence-electron chi connectivity index (χ2n) is 8.88. The van der Waals surface area contributed by atoms with Gasteiger partial charge in [0.15, 0.2) is 11.5 Å². The number of amidine groups is 1. The Kier molecular flexibility index (Phi) is 6.52. The third-order valence-corrected chi connectivity index (χ3v) is 6.28. The van der Waals surface area contributed by atoms with Gasteiger partial charge in [0.1, 0.15) is 5.84 Å². The first-order chi connectivity index (χ1) is 16.1. The van der Waals surface area contributed by atoms with Gasteiger partial charge in [-0.15, -0.1) is 0 Å². The van der Waals surface area contributed by atoms with E-state index in [-0.39, 0.29) is 6.04 Å². The fourth-order valence-corrected chi connectivity index (χ4v) is 4.65. The summed E-state index contributed by atoms with van der Waals surface area (Å²) in [5.41, 5.74) is 5.35. The van der Waals surface area contributed by atoms with Crippen molar-refractivity contribution in [3.63, 3.8) is 0 Å². The highest BCUT2D eigenvalue weighted by Gasteiger charge is 2.41. The fourth-order valence-electron chi connectivity index (χ4n) is 4.65. The second-order valence-corrected chi connectivity index (χ2v) is 8.88. The van der Waals surface area contributed by atoms with Crippen LogP contribution in [0.3, 0.4) is 0 Å². The van der Waals surface area contributed by atoms with E-state index in [4.69, 9.17) is 10.7 Å². The van der Waals surface area contributed by atoms with Crippen molar-refractivity contribution >= 4 is 18.5 Å². The third kappa shape index (κ3) is 4.72. The highest BCUT2D eigenvalue weighted by atomic mass is 19.4. The van der Waals surface area contributed by atoms with E-state index in [9.17, 15) is 18.0 Å². The number of halogens is 3. The summed E-state index contributed by atoms with van der Waals surface area (Å²) in [6, 6.07) is -0.369. The number of aliphatic imine (C=N–C) groups is 1. The lowest BCUT2D eigenvalue weighted by atomic mass is 10.00. The van der Waals surface area contributed by atoms with Crippen molar-refractivity contribution in [3.8, 4) is 0 Å². The van der Waals surface area contributed by atoms with Crippen molar-refractivity contribution in [3.05, 3.63) is 41.1 Å². The Morgan fingerprint density at radius 3 is 2.71 bits per heavy atom. The average Bonchev–Trinajstić information content (AvgIpc) is 3.40. The number of carbonyl (C=O) groups excluding carboxylic acids is 1. The van der Waals surface area contributed by atoms with Crippen LogP contribution in [-0.2, 0) is 13.2 Å². The molecule has 0 bridgehead atoms. The predicted octanol–water partition coefficient (Wildman–Crippen LogP) is 2.54. The summed E-state index contributed by atoms with van der Waals surface area (Å²) >= 11 is 0. The SMILES string of the molecule is C=NN1C=C(C)C(N2CC[C@H](N)C2)=N/C1=C/C1CCCCN1C(=O)c1cn(C)nc1C(F)(F)F. The standard InChI is InChI=1S/C22H29F3N8O/c1-14-11-33(27-2)18(28-20(14)31-9-7-15(26)12-31)10-16-6-4-5-8-32(16)21(34)17-13-30(3)29-19(17)22(23,24)25/h10-11,13,15-16H,2,4-9,12,26H2,1,3H3/b18-10-/t15-,16?/m0/s1. The maximum atomic E-state index is 13.5. The maximum Gasteiger partial charge on any atom is 0.435 e. The molecular weight excluding hydrogens is 449 g/mol. The number of piperidine rings is 1. The molecule has 2 atom stereocenters. The molecule has 2 saturated heterocycles. The minimum Gasteiger partial charge on any atom is -0.355 e. The number of carbonyl (C=O) groups is 1. The van der Waals surface area contributed by atoms with E-state index in [1.54, 1.807) is 6.08 Å². The summed E-state index contributed by atoms with van der Waals surface area (Å²) in [6.07, 6.45) is 3.01. The van der Waals surface area contributed by atoms with Gasteiger partial charge >= 0.3 is 6.18 Å². The van der Waals surface area contributed by atoms with Crippen molar-refractivity contribution in [2.24, 2.45) is 22.9 Å². The largest absolute Gasteiger partial charge is 0.435 e. The molecule has 0 saturated carbocycles. The zero-order valence-electron chi connectivity index (χ0n) is 19.3. The van der Waals surface area contributed by atoms with Crippen LogP contribution in [0.4, 0.5) is 13.2 Å². The Hall–Kier alpha value is -3.15. The van der Waals surface area contributed by atoms with Crippen LogP contribution >= 0.6 is 0 Å². The number of hydrazone groups is 1. The average molecular weight is 479 g/mol. The van der Waals surface area contributed by atoms with Crippen LogP contribution in [0, 0.1) is 0 Å². The van der Waals surface area contributed by atoms with Gasteiger partial charge in [-0.05, 0) is 38.7 Å². The molecule has 12 heteroatoms. The molecule has 2 N–H and O–H groups in total. The Morgan fingerprint density at radius 2 is 2.06 bits per heavy atom. The number of alkyl halides is 3. The van der Waals surface area contributed by atoms with Crippen LogP contribution in [0.5, 0.6) is 0 Å². The number of aromatic nitrogens is 2.